The number of hydrogen-bond acceptors (Lipinski definition) is 5. The summed E-state index contributed by atoms with van der Waals surface area (Å²) in [5.74, 6) is 0.232. The summed E-state index contributed by atoms with van der Waals surface area (Å²) in [6.45, 7) is 11.5. The van der Waals surface area contributed by atoms with Crippen molar-refractivity contribution in [2.45, 2.75) is 87.4 Å². The lowest BCUT2D eigenvalue weighted by Crippen LogP contribution is -2.47. The number of methoxy groups -OCH3 is 1. The molecule has 1 aliphatic carbocycles. The number of ether oxygens (including phenoxy) is 1. The zero-order valence-electron chi connectivity index (χ0n) is 17.7. The maximum Gasteiger partial charge on any atom is 0.319 e. The SMILES string of the molecule is COC(=O)C(CC1CCCCC1O[Si](C)(C)C(C)(C)C)Sc1ccccn1. The average molecular weight is 410 g/mol. The average Bonchev–Trinajstić information content (AvgIpc) is 2.61. The van der Waals surface area contributed by atoms with E-state index >= 15 is 0 Å². The van der Waals surface area contributed by atoms with E-state index in [1.54, 1.807) is 6.20 Å². The van der Waals surface area contributed by atoms with Gasteiger partial charge < -0.3 is 9.16 Å². The first-order valence-corrected chi connectivity index (χ1v) is 13.8. The second-order valence-corrected chi connectivity index (χ2v) is 15.0. The number of hydrogen-bond donors (Lipinski definition) is 0. The van der Waals surface area contributed by atoms with Crippen molar-refractivity contribution in [1.29, 1.82) is 0 Å². The molecule has 6 heteroatoms. The second-order valence-electron chi connectivity index (χ2n) is 8.99. The van der Waals surface area contributed by atoms with Crippen LogP contribution in [0.4, 0.5) is 0 Å². The molecule has 3 atom stereocenters. The minimum Gasteiger partial charge on any atom is -0.468 e. The van der Waals surface area contributed by atoms with Crippen molar-refractivity contribution in [2.24, 2.45) is 5.92 Å². The molecule has 1 aliphatic rings. The second kappa shape index (κ2) is 9.57. The molecule has 0 radical (unpaired) electrons. The summed E-state index contributed by atoms with van der Waals surface area (Å²) < 4.78 is 11.9. The van der Waals surface area contributed by atoms with Gasteiger partial charge >= 0.3 is 5.97 Å². The fourth-order valence-electron chi connectivity index (χ4n) is 3.32. The topological polar surface area (TPSA) is 48.4 Å². The zero-order valence-corrected chi connectivity index (χ0v) is 19.5. The predicted octanol–water partition coefficient (Wildman–Crippen LogP) is 5.69. The lowest BCUT2D eigenvalue weighted by Gasteiger charge is -2.43. The molecule has 0 amide bonds. The first kappa shape index (κ1) is 22.4. The highest BCUT2D eigenvalue weighted by Crippen LogP contribution is 2.42. The minimum absolute atomic E-state index is 0.165. The molecule has 2 rings (SSSR count). The van der Waals surface area contributed by atoms with Gasteiger partial charge in [0.1, 0.15) is 5.25 Å². The largest absolute Gasteiger partial charge is 0.468 e. The van der Waals surface area contributed by atoms with Crippen molar-refractivity contribution in [2.75, 3.05) is 7.11 Å². The fraction of sp³-hybridized carbons (Fsp3) is 0.714. The van der Waals surface area contributed by atoms with Crippen molar-refractivity contribution >= 4 is 26.0 Å². The third kappa shape index (κ3) is 6.33. The van der Waals surface area contributed by atoms with E-state index in [0.29, 0.717) is 5.92 Å². The van der Waals surface area contributed by atoms with Crippen LogP contribution in [0.3, 0.4) is 0 Å². The van der Waals surface area contributed by atoms with Crippen LogP contribution in [-0.4, -0.2) is 37.7 Å². The van der Waals surface area contributed by atoms with Crippen molar-refractivity contribution < 1.29 is 14.0 Å². The van der Waals surface area contributed by atoms with Gasteiger partial charge in [-0.3, -0.25) is 4.79 Å². The highest BCUT2D eigenvalue weighted by Gasteiger charge is 2.42. The Hall–Kier alpha value is -0.853. The number of pyridine rings is 1. The molecule has 0 saturated heterocycles. The Morgan fingerprint density at radius 3 is 2.59 bits per heavy atom. The minimum atomic E-state index is -1.83. The van der Waals surface area contributed by atoms with Gasteiger partial charge in [-0.2, -0.15) is 0 Å². The van der Waals surface area contributed by atoms with Crippen molar-refractivity contribution in [1.82, 2.24) is 4.98 Å². The van der Waals surface area contributed by atoms with Crippen LogP contribution in [0.2, 0.25) is 18.1 Å². The Morgan fingerprint density at radius 2 is 2.00 bits per heavy atom. The van der Waals surface area contributed by atoms with Gasteiger partial charge in [0, 0.05) is 12.3 Å². The van der Waals surface area contributed by atoms with E-state index in [0.717, 1.165) is 24.3 Å². The summed E-state index contributed by atoms with van der Waals surface area (Å²) in [6, 6.07) is 5.79. The number of thioether (sulfide) groups is 1. The number of aromatic nitrogens is 1. The first-order valence-electron chi connectivity index (χ1n) is 9.97. The summed E-state index contributed by atoms with van der Waals surface area (Å²) >= 11 is 1.51. The van der Waals surface area contributed by atoms with Gasteiger partial charge in [-0.05, 0) is 55.4 Å². The van der Waals surface area contributed by atoms with E-state index in [2.05, 4.69) is 38.8 Å². The van der Waals surface area contributed by atoms with Crippen molar-refractivity contribution in [3.8, 4) is 0 Å². The third-order valence-corrected chi connectivity index (χ3v) is 11.6. The first-order chi connectivity index (χ1) is 12.6. The normalized spacial score (nSPS) is 22.3. The quantitative estimate of drug-likeness (QED) is 0.329. The van der Waals surface area contributed by atoms with E-state index in [-0.39, 0.29) is 22.4 Å². The van der Waals surface area contributed by atoms with Gasteiger partial charge in [0.05, 0.1) is 12.1 Å². The molecule has 27 heavy (non-hydrogen) atoms. The Labute approximate surface area is 170 Å². The van der Waals surface area contributed by atoms with Gasteiger partial charge in [-0.25, -0.2) is 4.98 Å². The fourth-order valence-corrected chi connectivity index (χ4v) is 5.84. The molecule has 0 spiro atoms. The number of esters is 1. The molecule has 1 aromatic heterocycles. The number of carbonyl (C=O) groups is 1. The number of rotatable bonds is 7. The van der Waals surface area contributed by atoms with Gasteiger partial charge in [0.25, 0.3) is 0 Å². The zero-order chi connectivity index (χ0) is 20.1. The maximum absolute atomic E-state index is 12.4. The molecule has 3 unspecified atom stereocenters. The van der Waals surface area contributed by atoms with Crippen LogP contribution >= 0.6 is 11.8 Å². The van der Waals surface area contributed by atoms with Crippen LogP contribution in [0, 0.1) is 5.92 Å². The molecule has 0 aliphatic heterocycles. The van der Waals surface area contributed by atoms with E-state index < -0.39 is 8.32 Å². The predicted molar refractivity (Wildman–Crippen MR) is 115 cm³/mol. The Kier molecular flexibility index (Phi) is 7.95. The molecule has 0 bridgehead atoms. The summed E-state index contributed by atoms with van der Waals surface area (Å²) in [5.41, 5.74) is 0. The van der Waals surface area contributed by atoms with Crippen molar-refractivity contribution in [3.63, 3.8) is 0 Å². The molecule has 4 nitrogen and oxygen atoms in total. The van der Waals surface area contributed by atoms with Crippen LogP contribution in [-0.2, 0) is 14.0 Å². The van der Waals surface area contributed by atoms with Gasteiger partial charge in [-0.15, -0.1) is 0 Å². The lowest BCUT2D eigenvalue weighted by molar-refractivity contribution is -0.140. The molecule has 0 aromatic carbocycles. The Balaban J connectivity index is 2.12. The maximum atomic E-state index is 12.4. The summed E-state index contributed by atoms with van der Waals surface area (Å²) in [6.07, 6.45) is 7.44. The smallest absolute Gasteiger partial charge is 0.319 e. The van der Waals surface area contributed by atoms with E-state index in [1.807, 2.05) is 18.2 Å². The number of nitrogens with zero attached hydrogens (tertiary/aromatic N) is 1. The van der Waals surface area contributed by atoms with Crippen LogP contribution in [0.5, 0.6) is 0 Å². The molecule has 1 fully saturated rings. The van der Waals surface area contributed by atoms with Gasteiger partial charge in [0.15, 0.2) is 8.32 Å². The van der Waals surface area contributed by atoms with E-state index in [1.165, 1.54) is 31.7 Å². The van der Waals surface area contributed by atoms with Gasteiger partial charge in [-0.1, -0.05) is 51.4 Å². The van der Waals surface area contributed by atoms with E-state index in [4.69, 9.17) is 9.16 Å². The molecule has 1 saturated carbocycles. The van der Waals surface area contributed by atoms with Crippen LogP contribution < -0.4 is 0 Å². The molecule has 152 valence electrons. The summed E-state index contributed by atoms with van der Waals surface area (Å²) in [4.78, 5) is 16.8. The number of carbonyl (C=O) groups excluding carboxylic acids is 1. The highest BCUT2D eigenvalue weighted by atomic mass is 32.2. The lowest BCUT2D eigenvalue weighted by atomic mass is 9.83. The monoisotopic (exact) mass is 409 g/mol. The Bertz CT molecular complexity index is 603. The third-order valence-electron chi connectivity index (χ3n) is 5.97. The van der Waals surface area contributed by atoms with Crippen LogP contribution in [0.15, 0.2) is 29.4 Å². The molecule has 1 heterocycles. The summed E-state index contributed by atoms with van der Waals surface area (Å²) in [5, 5.41) is 0.823. The van der Waals surface area contributed by atoms with Gasteiger partial charge in [0.2, 0.25) is 0 Å². The molecular formula is C21H35NO3SSi. The molecule has 0 N–H and O–H groups in total. The molecule has 1 aromatic rings. The molecular weight excluding hydrogens is 374 g/mol. The standard InChI is InChI=1S/C21H35NO3SSi/c1-21(2,3)27(5,6)25-17-12-8-7-11-16(17)15-18(20(23)24-4)26-19-13-9-10-14-22-19/h9-10,13-14,16-18H,7-8,11-12,15H2,1-6H3. The van der Waals surface area contributed by atoms with Crippen LogP contribution in [0.1, 0.15) is 52.9 Å². The van der Waals surface area contributed by atoms with E-state index in [9.17, 15) is 4.79 Å². The van der Waals surface area contributed by atoms with Crippen LogP contribution in [0.25, 0.3) is 0 Å². The highest BCUT2D eigenvalue weighted by molar-refractivity contribution is 8.00. The summed E-state index contributed by atoms with van der Waals surface area (Å²) in [7, 11) is -0.359. The Morgan fingerprint density at radius 1 is 1.30 bits per heavy atom. The van der Waals surface area contributed by atoms with Crippen molar-refractivity contribution in [3.05, 3.63) is 24.4 Å².